The van der Waals surface area contributed by atoms with Gasteiger partial charge in [-0.15, -0.1) is 0 Å². The van der Waals surface area contributed by atoms with E-state index in [4.69, 9.17) is 0 Å². The average Bonchev–Trinajstić information content (AvgIpc) is 2.60. The normalized spacial score (nSPS) is 19.4. The lowest BCUT2D eigenvalue weighted by Gasteiger charge is -2.16. The predicted molar refractivity (Wildman–Crippen MR) is 70.2 cm³/mol. The summed E-state index contributed by atoms with van der Waals surface area (Å²) in [4.78, 5) is 25.1. The molecule has 0 spiro atoms. The molecule has 0 aliphatic carbocycles. The van der Waals surface area contributed by atoms with E-state index in [0.717, 1.165) is 17.7 Å². The lowest BCUT2D eigenvalue weighted by molar-refractivity contribution is -0.138. The highest BCUT2D eigenvalue weighted by atomic mass is 16.2. The molecule has 2 amide bonds. The minimum atomic E-state index is -0.412. The zero-order valence-corrected chi connectivity index (χ0v) is 10.8. The Morgan fingerprint density at radius 1 is 1.33 bits per heavy atom. The van der Waals surface area contributed by atoms with Gasteiger partial charge in [0.15, 0.2) is 0 Å². The monoisotopic (exact) mass is 246 g/mol. The average molecular weight is 246 g/mol. The van der Waals surface area contributed by atoms with Crippen molar-refractivity contribution in [2.75, 3.05) is 11.9 Å². The van der Waals surface area contributed by atoms with E-state index in [0.29, 0.717) is 6.54 Å². The van der Waals surface area contributed by atoms with Gasteiger partial charge in [0, 0.05) is 12.2 Å². The zero-order valence-electron chi connectivity index (χ0n) is 10.8. The van der Waals surface area contributed by atoms with Gasteiger partial charge >= 0.3 is 0 Å². The third-order valence-electron chi connectivity index (χ3n) is 3.17. The molecule has 4 nitrogen and oxygen atoms in total. The van der Waals surface area contributed by atoms with Crippen LogP contribution in [0.2, 0.25) is 0 Å². The fourth-order valence-electron chi connectivity index (χ4n) is 2.18. The molecule has 0 saturated carbocycles. The van der Waals surface area contributed by atoms with Gasteiger partial charge in [0.1, 0.15) is 6.04 Å². The molecule has 1 aromatic rings. The Hall–Kier alpha value is -1.84. The number of rotatable bonds is 4. The number of carbonyl (C=O) groups is 2. The number of hydrogen-bond donors (Lipinski definition) is 1. The van der Waals surface area contributed by atoms with E-state index >= 15 is 0 Å². The van der Waals surface area contributed by atoms with Crippen molar-refractivity contribution in [1.29, 1.82) is 0 Å². The van der Waals surface area contributed by atoms with Crippen LogP contribution in [0.5, 0.6) is 0 Å². The van der Waals surface area contributed by atoms with E-state index in [1.807, 2.05) is 38.1 Å². The van der Waals surface area contributed by atoms with E-state index in [9.17, 15) is 9.59 Å². The largest absolute Gasteiger partial charge is 0.373 e. The maximum atomic E-state index is 12.1. The summed E-state index contributed by atoms with van der Waals surface area (Å²) in [5, 5.41) is 3.17. The molecule has 1 aromatic carbocycles. The fraction of sp³-hybridized carbons (Fsp3) is 0.429. The van der Waals surface area contributed by atoms with Crippen molar-refractivity contribution in [2.24, 2.45) is 0 Å². The van der Waals surface area contributed by atoms with Crippen LogP contribution in [0, 0.1) is 6.92 Å². The first kappa shape index (κ1) is 12.6. The third kappa shape index (κ3) is 2.37. The van der Waals surface area contributed by atoms with Crippen LogP contribution in [-0.4, -0.2) is 29.3 Å². The minimum Gasteiger partial charge on any atom is -0.373 e. The van der Waals surface area contributed by atoms with Crippen LogP contribution < -0.4 is 5.32 Å². The summed E-state index contributed by atoms with van der Waals surface area (Å²) in [6.45, 7) is 4.46. The first-order valence-corrected chi connectivity index (χ1v) is 6.30. The van der Waals surface area contributed by atoms with Crippen LogP contribution in [-0.2, 0) is 9.59 Å². The number of benzene rings is 1. The molecular weight excluding hydrogens is 228 g/mol. The Morgan fingerprint density at radius 3 is 2.72 bits per heavy atom. The highest BCUT2D eigenvalue weighted by Gasteiger charge is 2.37. The molecule has 1 unspecified atom stereocenters. The second-order valence-corrected chi connectivity index (χ2v) is 4.60. The molecule has 0 aromatic heterocycles. The lowest BCUT2D eigenvalue weighted by Crippen LogP contribution is -2.35. The Balaban J connectivity index is 2.10. The Bertz CT molecular complexity index is 471. The number of anilines is 1. The third-order valence-corrected chi connectivity index (χ3v) is 3.17. The predicted octanol–water partition coefficient (Wildman–Crippen LogP) is 1.94. The van der Waals surface area contributed by atoms with Crippen molar-refractivity contribution in [1.82, 2.24) is 4.90 Å². The maximum absolute atomic E-state index is 12.1. The zero-order chi connectivity index (χ0) is 13.1. The lowest BCUT2D eigenvalue weighted by atomic mass is 10.1. The van der Waals surface area contributed by atoms with Crippen molar-refractivity contribution in [3.05, 3.63) is 29.8 Å². The Labute approximate surface area is 107 Å². The summed E-state index contributed by atoms with van der Waals surface area (Å²) < 4.78 is 0. The van der Waals surface area contributed by atoms with Gasteiger partial charge in [-0.3, -0.25) is 14.5 Å². The smallest absolute Gasteiger partial charge is 0.252 e. The molecule has 1 aliphatic rings. The first-order valence-electron chi connectivity index (χ1n) is 6.30. The van der Waals surface area contributed by atoms with Crippen molar-refractivity contribution in [3.8, 4) is 0 Å². The molecule has 2 rings (SSSR count). The molecule has 0 bridgehead atoms. The number of nitrogens with zero attached hydrogens (tertiary/aromatic N) is 1. The van der Waals surface area contributed by atoms with Gasteiger partial charge in [0.05, 0.1) is 6.42 Å². The van der Waals surface area contributed by atoms with Gasteiger partial charge < -0.3 is 5.32 Å². The van der Waals surface area contributed by atoms with Gasteiger partial charge in [0.2, 0.25) is 5.91 Å². The van der Waals surface area contributed by atoms with Crippen molar-refractivity contribution in [3.63, 3.8) is 0 Å². The van der Waals surface area contributed by atoms with Crippen molar-refractivity contribution < 1.29 is 9.59 Å². The first-order chi connectivity index (χ1) is 8.63. The van der Waals surface area contributed by atoms with E-state index in [1.54, 1.807) is 0 Å². The standard InChI is InChI=1S/C14H18N2O2/c1-3-8-16-13(17)9-12(14(16)18)15-11-7-5-4-6-10(11)2/h4-7,12,15H,3,8-9H2,1-2H3. The molecule has 1 atom stereocenters. The number of carbonyl (C=O) groups excluding carboxylic acids is 2. The number of imide groups is 1. The van der Waals surface area contributed by atoms with Crippen LogP contribution in [0.1, 0.15) is 25.3 Å². The van der Waals surface area contributed by atoms with Gasteiger partial charge in [-0.1, -0.05) is 25.1 Å². The molecule has 0 radical (unpaired) electrons. The molecule has 18 heavy (non-hydrogen) atoms. The molecule has 1 aliphatic heterocycles. The van der Waals surface area contributed by atoms with E-state index in [-0.39, 0.29) is 18.2 Å². The highest BCUT2D eigenvalue weighted by molar-refractivity contribution is 6.06. The molecule has 1 fully saturated rings. The van der Waals surface area contributed by atoms with Crippen LogP contribution in [0.4, 0.5) is 5.69 Å². The van der Waals surface area contributed by atoms with Gasteiger partial charge in [0.25, 0.3) is 5.91 Å². The minimum absolute atomic E-state index is 0.0760. The van der Waals surface area contributed by atoms with Crippen molar-refractivity contribution in [2.45, 2.75) is 32.7 Å². The quantitative estimate of drug-likeness (QED) is 0.826. The second kappa shape index (κ2) is 5.21. The topological polar surface area (TPSA) is 49.4 Å². The van der Waals surface area contributed by atoms with Crippen LogP contribution in [0.15, 0.2) is 24.3 Å². The van der Waals surface area contributed by atoms with Gasteiger partial charge in [-0.2, -0.15) is 0 Å². The molecular formula is C14H18N2O2. The SMILES string of the molecule is CCCN1C(=O)CC(Nc2ccccc2C)C1=O. The maximum Gasteiger partial charge on any atom is 0.252 e. The van der Waals surface area contributed by atoms with Crippen LogP contribution in [0.3, 0.4) is 0 Å². The number of hydrogen-bond acceptors (Lipinski definition) is 3. The Kier molecular flexibility index (Phi) is 3.65. The van der Waals surface area contributed by atoms with E-state index in [1.165, 1.54) is 4.90 Å². The number of amides is 2. The van der Waals surface area contributed by atoms with E-state index in [2.05, 4.69) is 5.32 Å². The number of nitrogens with one attached hydrogen (secondary N) is 1. The molecule has 1 N–H and O–H groups in total. The summed E-state index contributed by atoms with van der Waals surface area (Å²) in [5.74, 6) is -0.182. The fourth-order valence-corrected chi connectivity index (χ4v) is 2.18. The summed E-state index contributed by atoms with van der Waals surface area (Å²) in [6.07, 6.45) is 1.06. The molecule has 4 heteroatoms. The van der Waals surface area contributed by atoms with Gasteiger partial charge in [-0.25, -0.2) is 0 Å². The summed E-state index contributed by atoms with van der Waals surface area (Å²) in [5.41, 5.74) is 1.99. The van der Waals surface area contributed by atoms with Gasteiger partial charge in [-0.05, 0) is 25.0 Å². The van der Waals surface area contributed by atoms with E-state index < -0.39 is 6.04 Å². The molecule has 1 saturated heterocycles. The second-order valence-electron chi connectivity index (χ2n) is 4.60. The number of aryl methyl sites for hydroxylation is 1. The molecule has 1 heterocycles. The highest BCUT2D eigenvalue weighted by Crippen LogP contribution is 2.20. The van der Waals surface area contributed by atoms with Crippen molar-refractivity contribution >= 4 is 17.5 Å². The summed E-state index contributed by atoms with van der Waals surface area (Å²) in [6, 6.07) is 7.36. The molecule has 96 valence electrons. The van der Waals surface area contributed by atoms with Crippen LogP contribution in [0.25, 0.3) is 0 Å². The number of para-hydroxylation sites is 1. The Morgan fingerprint density at radius 2 is 2.06 bits per heavy atom. The number of likely N-dealkylation sites (tertiary alicyclic amines) is 1. The summed E-state index contributed by atoms with van der Waals surface area (Å²) in [7, 11) is 0. The summed E-state index contributed by atoms with van der Waals surface area (Å²) >= 11 is 0. The van der Waals surface area contributed by atoms with Crippen LogP contribution >= 0.6 is 0 Å².